The second-order valence-corrected chi connectivity index (χ2v) is 6.14. The Hall–Kier alpha value is -2.13. The lowest BCUT2D eigenvalue weighted by atomic mass is 9.89. The van der Waals surface area contributed by atoms with Crippen molar-refractivity contribution in [3.8, 4) is 0 Å². The monoisotopic (exact) mass is 311 g/mol. The van der Waals surface area contributed by atoms with Crippen LogP contribution in [0.4, 0.5) is 0 Å². The summed E-state index contributed by atoms with van der Waals surface area (Å²) >= 11 is 6.25. The van der Waals surface area contributed by atoms with Gasteiger partial charge in [-0.15, -0.1) is 0 Å². The molecular weight excluding hydrogens is 298 g/mol. The molecule has 0 saturated carbocycles. The molecule has 1 fully saturated rings. The molecule has 0 bridgehead atoms. The number of carbonyl (C=O) groups is 2. The van der Waals surface area contributed by atoms with E-state index in [4.69, 9.17) is 11.6 Å². The van der Waals surface area contributed by atoms with Gasteiger partial charge < -0.3 is 4.90 Å². The molecule has 0 amide bonds. The van der Waals surface area contributed by atoms with Gasteiger partial charge in [-0.3, -0.25) is 9.59 Å². The predicted molar refractivity (Wildman–Crippen MR) is 86.3 cm³/mol. The Labute approximate surface area is 133 Å². The van der Waals surface area contributed by atoms with Crippen LogP contribution in [0.5, 0.6) is 0 Å². The fourth-order valence-corrected chi connectivity index (χ4v) is 3.60. The third kappa shape index (κ3) is 1.89. The van der Waals surface area contributed by atoms with E-state index >= 15 is 0 Å². The molecule has 0 unspecified atom stereocenters. The molecule has 2 aromatic carbocycles. The molecule has 3 nitrogen and oxygen atoms in total. The highest BCUT2D eigenvalue weighted by atomic mass is 35.5. The van der Waals surface area contributed by atoms with Crippen molar-refractivity contribution in [1.29, 1.82) is 0 Å². The van der Waals surface area contributed by atoms with E-state index in [0.717, 1.165) is 36.7 Å². The number of likely N-dealkylation sites (tertiary alicyclic amines) is 1. The molecule has 0 N–H and O–H groups in total. The van der Waals surface area contributed by atoms with Gasteiger partial charge in [-0.05, 0) is 35.7 Å². The normalized spacial score (nSPS) is 18.3. The zero-order valence-corrected chi connectivity index (χ0v) is 12.7. The number of halogens is 1. The Morgan fingerprint density at radius 1 is 0.864 bits per heavy atom. The van der Waals surface area contributed by atoms with E-state index in [-0.39, 0.29) is 16.6 Å². The fraction of sp³-hybridized carbons (Fsp3) is 0.222. The summed E-state index contributed by atoms with van der Waals surface area (Å²) in [6, 6.07) is 11.3. The Morgan fingerprint density at radius 3 is 2.00 bits per heavy atom. The molecule has 0 radical (unpaired) electrons. The predicted octanol–water partition coefficient (Wildman–Crippen LogP) is 3.77. The summed E-state index contributed by atoms with van der Waals surface area (Å²) in [5.41, 5.74) is 1.26. The first-order valence-corrected chi connectivity index (χ1v) is 7.81. The van der Waals surface area contributed by atoms with Gasteiger partial charge in [-0.1, -0.05) is 35.9 Å². The topological polar surface area (TPSA) is 37.4 Å². The summed E-state index contributed by atoms with van der Waals surface area (Å²) in [5.74, 6) is -0.379. The molecule has 110 valence electrons. The molecule has 1 heterocycles. The summed E-state index contributed by atoms with van der Waals surface area (Å²) in [5, 5.41) is 1.97. The van der Waals surface area contributed by atoms with Crippen LogP contribution in [0.15, 0.2) is 47.1 Å². The van der Waals surface area contributed by atoms with Crippen LogP contribution in [0, 0.1) is 0 Å². The van der Waals surface area contributed by atoms with Crippen molar-refractivity contribution in [1.82, 2.24) is 4.90 Å². The van der Waals surface area contributed by atoms with Gasteiger partial charge in [-0.25, -0.2) is 0 Å². The van der Waals surface area contributed by atoms with E-state index < -0.39 is 0 Å². The maximum Gasteiger partial charge on any atom is 0.211 e. The van der Waals surface area contributed by atoms with Crippen molar-refractivity contribution >= 4 is 33.9 Å². The van der Waals surface area contributed by atoms with E-state index in [1.807, 2.05) is 35.2 Å². The molecule has 1 aliphatic carbocycles. The highest BCUT2D eigenvalue weighted by molar-refractivity contribution is 6.50. The average molecular weight is 312 g/mol. The third-order valence-corrected chi connectivity index (χ3v) is 4.77. The van der Waals surface area contributed by atoms with E-state index in [2.05, 4.69) is 0 Å². The molecule has 1 saturated heterocycles. The van der Waals surface area contributed by atoms with E-state index in [1.54, 1.807) is 6.07 Å². The van der Waals surface area contributed by atoms with Gasteiger partial charge in [-0.2, -0.15) is 0 Å². The van der Waals surface area contributed by atoms with Gasteiger partial charge in [0.2, 0.25) is 11.6 Å². The largest absolute Gasteiger partial charge is 0.367 e. The first-order valence-electron chi connectivity index (χ1n) is 7.44. The number of hydrogen-bond donors (Lipinski definition) is 0. The van der Waals surface area contributed by atoms with Crippen LogP contribution in [0.3, 0.4) is 0 Å². The Kier molecular flexibility index (Phi) is 3.05. The molecule has 22 heavy (non-hydrogen) atoms. The first kappa shape index (κ1) is 13.5. The molecular formula is C18H14ClNO2. The van der Waals surface area contributed by atoms with Crippen LogP contribution in [-0.4, -0.2) is 29.6 Å². The maximum absolute atomic E-state index is 12.9. The smallest absolute Gasteiger partial charge is 0.211 e. The van der Waals surface area contributed by atoms with Crippen molar-refractivity contribution in [2.75, 3.05) is 13.1 Å². The number of ketones is 2. The summed E-state index contributed by atoms with van der Waals surface area (Å²) < 4.78 is 0. The van der Waals surface area contributed by atoms with E-state index in [1.165, 1.54) is 0 Å². The van der Waals surface area contributed by atoms with Crippen LogP contribution >= 0.6 is 11.6 Å². The van der Waals surface area contributed by atoms with Crippen LogP contribution in [0.2, 0.25) is 0 Å². The van der Waals surface area contributed by atoms with Crippen molar-refractivity contribution in [3.63, 3.8) is 0 Å². The SMILES string of the molecule is O=C1C(Cl)=C(N2CCCC2)C(=O)c2cc3ccccc3cc21. The minimum absolute atomic E-state index is 0.0645. The van der Waals surface area contributed by atoms with Gasteiger partial charge in [0.15, 0.2) is 0 Å². The van der Waals surface area contributed by atoms with Gasteiger partial charge in [0.05, 0.1) is 0 Å². The third-order valence-electron chi connectivity index (χ3n) is 4.42. The van der Waals surface area contributed by atoms with Crippen molar-refractivity contribution in [3.05, 3.63) is 58.3 Å². The number of rotatable bonds is 1. The Balaban J connectivity index is 1.92. The van der Waals surface area contributed by atoms with Gasteiger partial charge >= 0.3 is 0 Å². The van der Waals surface area contributed by atoms with E-state index in [0.29, 0.717) is 16.8 Å². The second-order valence-electron chi connectivity index (χ2n) is 5.76. The standard InChI is InChI=1S/C18H14ClNO2/c19-15-16(20-7-3-4-8-20)18(22)14-10-12-6-2-1-5-11(12)9-13(14)17(15)21/h1-2,5-6,9-10H,3-4,7-8H2. The van der Waals surface area contributed by atoms with Gasteiger partial charge in [0.25, 0.3) is 0 Å². The maximum atomic E-state index is 12.9. The van der Waals surface area contributed by atoms with Crippen molar-refractivity contribution < 1.29 is 9.59 Å². The van der Waals surface area contributed by atoms with Gasteiger partial charge in [0.1, 0.15) is 10.7 Å². The minimum Gasteiger partial charge on any atom is -0.367 e. The number of carbonyl (C=O) groups excluding carboxylic acids is 2. The molecule has 1 aliphatic heterocycles. The molecule has 4 heteroatoms. The summed E-state index contributed by atoms with van der Waals surface area (Å²) in [7, 11) is 0. The first-order chi connectivity index (χ1) is 10.7. The molecule has 2 aliphatic rings. The fourth-order valence-electron chi connectivity index (χ4n) is 3.29. The number of nitrogens with zero attached hydrogens (tertiary/aromatic N) is 1. The molecule has 0 atom stereocenters. The summed E-state index contributed by atoms with van der Waals surface area (Å²) in [6.07, 6.45) is 2.05. The number of allylic oxidation sites excluding steroid dienone is 2. The zero-order valence-electron chi connectivity index (χ0n) is 11.9. The number of Topliss-reactive ketones (excluding diaryl/α,β-unsaturated/α-hetero) is 2. The lowest BCUT2D eigenvalue weighted by molar-refractivity contribution is 0.0953. The van der Waals surface area contributed by atoms with Crippen molar-refractivity contribution in [2.24, 2.45) is 0 Å². The number of hydrogen-bond acceptors (Lipinski definition) is 3. The molecule has 2 aromatic rings. The van der Waals surface area contributed by atoms with Gasteiger partial charge in [0, 0.05) is 24.2 Å². The van der Waals surface area contributed by atoms with Crippen LogP contribution < -0.4 is 0 Å². The number of benzene rings is 2. The molecule has 0 spiro atoms. The highest BCUT2D eigenvalue weighted by Crippen LogP contribution is 2.34. The van der Waals surface area contributed by atoms with Crippen LogP contribution in [-0.2, 0) is 0 Å². The van der Waals surface area contributed by atoms with Crippen LogP contribution in [0.1, 0.15) is 33.6 Å². The Bertz CT molecular complexity index is 847. The lowest BCUT2D eigenvalue weighted by Gasteiger charge is -2.26. The average Bonchev–Trinajstić information content (AvgIpc) is 3.06. The van der Waals surface area contributed by atoms with Crippen LogP contribution in [0.25, 0.3) is 10.8 Å². The number of fused-ring (bicyclic) bond motifs is 2. The highest BCUT2D eigenvalue weighted by Gasteiger charge is 2.35. The zero-order chi connectivity index (χ0) is 15.3. The second kappa shape index (κ2) is 4.96. The van der Waals surface area contributed by atoms with Crippen molar-refractivity contribution in [2.45, 2.75) is 12.8 Å². The Morgan fingerprint density at radius 2 is 1.41 bits per heavy atom. The summed E-state index contributed by atoms with van der Waals surface area (Å²) in [4.78, 5) is 27.4. The van der Waals surface area contributed by atoms with E-state index in [9.17, 15) is 9.59 Å². The molecule has 0 aromatic heterocycles. The quantitative estimate of drug-likeness (QED) is 0.804. The lowest BCUT2D eigenvalue weighted by Crippen LogP contribution is -2.31. The summed E-state index contributed by atoms with van der Waals surface area (Å²) in [6.45, 7) is 1.57. The molecule has 4 rings (SSSR count). The minimum atomic E-state index is -0.246.